The Balaban J connectivity index is 2.80. The van der Waals surface area contributed by atoms with Gasteiger partial charge < -0.3 is 4.74 Å². The molecule has 0 bridgehead atoms. The molecule has 1 aromatic rings. The molecule has 0 N–H and O–H groups in total. The highest BCUT2D eigenvalue weighted by molar-refractivity contribution is 6.19. The van der Waals surface area contributed by atoms with Gasteiger partial charge in [0.25, 0.3) is 0 Å². The number of hydrogen-bond donors (Lipinski definition) is 0. The highest BCUT2D eigenvalue weighted by atomic mass is 35.5. The zero-order valence-corrected chi connectivity index (χ0v) is 8.64. The summed E-state index contributed by atoms with van der Waals surface area (Å²) in [5.41, 5.74) is 2.31. The number of benzene rings is 1. The summed E-state index contributed by atoms with van der Waals surface area (Å²) in [5.74, 6) is 1.45. The summed E-state index contributed by atoms with van der Waals surface area (Å²) < 4.78 is 5.05. The van der Waals surface area contributed by atoms with Crippen molar-refractivity contribution in [1.82, 2.24) is 0 Å². The number of ether oxygens (including phenoxy) is 1. The van der Waals surface area contributed by atoms with E-state index < -0.39 is 0 Å². The zero-order chi connectivity index (χ0) is 9.68. The highest BCUT2D eigenvalue weighted by Crippen LogP contribution is 2.14. The summed E-state index contributed by atoms with van der Waals surface area (Å²) in [5, 5.41) is 0. The van der Waals surface area contributed by atoms with Gasteiger partial charge in [-0.3, -0.25) is 0 Å². The molecule has 0 aliphatic rings. The van der Waals surface area contributed by atoms with Gasteiger partial charge in [0.15, 0.2) is 0 Å². The van der Waals surface area contributed by atoms with Crippen molar-refractivity contribution in [1.29, 1.82) is 0 Å². The second-order valence-electron chi connectivity index (χ2n) is 2.90. The average molecular weight is 197 g/mol. The number of allylic oxidation sites excluding steroid dienone is 1. The molecule has 0 unspecified atom stereocenters. The van der Waals surface area contributed by atoms with Crippen molar-refractivity contribution >= 4 is 17.7 Å². The molecule has 0 atom stereocenters. The maximum absolute atomic E-state index is 5.67. The van der Waals surface area contributed by atoms with Gasteiger partial charge in [-0.1, -0.05) is 23.8 Å². The molecule has 1 nitrogen and oxygen atoms in total. The molecule has 13 heavy (non-hydrogen) atoms. The first-order valence-corrected chi connectivity index (χ1v) is 4.67. The molecule has 0 heterocycles. The van der Waals surface area contributed by atoms with Crippen LogP contribution in [0.15, 0.2) is 29.8 Å². The molecule has 70 valence electrons. The predicted molar refractivity (Wildman–Crippen MR) is 57.4 cm³/mol. The van der Waals surface area contributed by atoms with E-state index in [9.17, 15) is 0 Å². The van der Waals surface area contributed by atoms with Crippen molar-refractivity contribution in [2.24, 2.45) is 0 Å². The number of alkyl halides is 1. The van der Waals surface area contributed by atoms with Crippen LogP contribution in [-0.4, -0.2) is 13.0 Å². The minimum Gasteiger partial charge on any atom is -0.497 e. The number of methoxy groups -OCH3 is 1. The Morgan fingerprint density at radius 2 is 2.00 bits per heavy atom. The minimum absolute atomic E-state index is 0.575. The van der Waals surface area contributed by atoms with Crippen LogP contribution in [-0.2, 0) is 0 Å². The lowest BCUT2D eigenvalue weighted by atomic mass is 10.1. The molecule has 1 aromatic carbocycles. The molecule has 0 aromatic heterocycles. The summed E-state index contributed by atoms with van der Waals surface area (Å²) >= 11 is 5.67. The predicted octanol–water partition coefficient (Wildman–Crippen LogP) is 3.34. The van der Waals surface area contributed by atoms with Crippen LogP contribution < -0.4 is 4.74 Å². The summed E-state index contributed by atoms with van der Waals surface area (Å²) in [6.07, 6.45) is 2.06. The van der Waals surface area contributed by atoms with Gasteiger partial charge in [-0.25, -0.2) is 0 Å². The van der Waals surface area contributed by atoms with Gasteiger partial charge >= 0.3 is 0 Å². The highest BCUT2D eigenvalue weighted by Gasteiger charge is 1.91. The molecule has 1 rings (SSSR count). The Labute approximate surface area is 84.0 Å². The van der Waals surface area contributed by atoms with E-state index in [2.05, 4.69) is 6.08 Å². The molecular weight excluding hydrogens is 184 g/mol. The number of halogens is 1. The standard InChI is InChI=1S/C11H13ClO/c1-9(8-12)7-10-3-5-11(13-2)6-4-10/h3-7H,8H2,1-2H3/b9-7+. The molecule has 0 amide bonds. The number of hydrogen-bond acceptors (Lipinski definition) is 1. The van der Waals surface area contributed by atoms with Crippen LogP contribution >= 0.6 is 11.6 Å². The molecule has 0 aliphatic carbocycles. The molecular formula is C11H13ClO. The second kappa shape index (κ2) is 4.93. The maximum Gasteiger partial charge on any atom is 0.118 e. The quantitative estimate of drug-likeness (QED) is 0.674. The first-order chi connectivity index (χ1) is 6.26. The number of rotatable bonds is 3. The Bertz CT molecular complexity index is 287. The van der Waals surface area contributed by atoms with E-state index in [1.54, 1.807) is 7.11 Å². The van der Waals surface area contributed by atoms with Crippen LogP contribution in [0.25, 0.3) is 6.08 Å². The van der Waals surface area contributed by atoms with E-state index in [1.807, 2.05) is 31.2 Å². The first-order valence-electron chi connectivity index (χ1n) is 4.13. The normalized spacial score (nSPS) is 11.5. The third-order valence-corrected chi connectivity index (χ3v) is 2.16. The van der Waals surface area contributed by atoms with Crippen molar-refractivity contribution in [2.45, 2.75) is 6.92 Å². The summed E-state index contributed by atoms with van der Waals surface area (Å²) in [7, 11) is 1.66. The average Bonchev–Trinajstić information content (AvgIpc) is 2.19. The van der Waals surface area contributed by atoms with Crippen molar-refractivity contribution in [2.75, 3.05) is 13.0 Å². The van der Waals surface area contributed by atoms with Gasteiger partial charge in [-0.05, 0) is 24.6 Å². The van der Waals surface area contributed by atoms with Crippen LogP contribution in [0.5, 0.6) is 5.75 Å². The maximum atomic E-state index is 5.67. The molecule has 2 heteroatoms. The van der Waals surface area contributed by atoms with Crippen LogP contribution in [0.3, 0.4) is 0 Å². The molecule has 0 radical (unpaired) electrons. The Hall–Kier alpha value is -0.950. The van der Waals surface area contributed by atoms with Gasteiger partial charge in [0.2, 0.25) is 0 Å². The van der Waals surface area contributed by atoms with E-state index in [0.29, 0.717) is 5.88 Å². The lowest BCUT2D eigenvalue weighted by Crippen LogP contribution is -1.82. The van der Waals surface area contributed by atoms with Gasteiger partial charge in [0.1, 0.15) is 5.75 Å². The van der Waals surface area contributed by atoms with Gasteiger partial charge in [0, 0.05) is 5.88 Å². The van der Waals surface area contributed by atoms with Crippen molar-refractivity contribution < 1.29 is 4.74 Å². The lowest BCUT2D eigenvalue weighted by molar-refractivity contribution is 0.415. The summed E-state index contributed by atoms with van der Waals surface area (Å²) in [6.45, 7) is 2.01. The molecule has 0 saturated carbocycles. The fourth-order valence-electron chi connectivity index (χ4n) is 1.02. The van der Waals surface area contributed by atoms with E-state index in [1.165, 1.54) is 0 Å². The monoisotopic (exact) mass is 196 g/mol. The van der Waals surface area contributed by atoms with Crippen LogP contribution in [0.2, 0.25) is 0 Å². The zero-order valence-electron chi connectivity index (χ0n) is 7.88. The topological polar surface area (TPSA) is 9.23 Å². The smallest absolute Gasteiger partial charge is 0.118 e. The SMILES string of the molecule is COc1ccc(/C=C(\C)CCl)cc1. The summed E-state index contributed by atoms with van der Waals surface area (Å²) in [4.78, 5) is 0. The molecule has 0 saturated heterocycles. The van der Waals surface area contributed by atoms with E-state index in [0.717, 1.165) is 16.9 Å². The largest absolute Gasteiger partial charge is 0.497 e. The molecule has 0 spiro atoms. The Kier molecular flexibility index (Phi) is 3.84. The first kappa shape index (κ1) is 10.1. The van der Waals surface area contributed by atoms with Crippen LogP contribution in [0.1, 0.15) is 12.5 Å². The van der Waals surface area contributed by atoms with Gasteiger partial charge in [0.05, 0.1) is 7.11 Å². The molecule has 0 fully saturated rings. The third-order valence-electron chi connectivity index (χ3n) is 1.74. The van der Waals surface area contributed by atoms with Crippen molar-refractivity contribution in [3.63, 3.8) is 0 Å². The Morgan fingerprint density at radius 3 is 2.46 bits per heavy atom. The van der Waals surface area contributed by atoms with Gasteiger partial charge in [-0.2, -0.15) is 0 Å². The summed E-state index contributed by atoms with van der Waals surface area (Å²) in [6, 6.07) is 7.89. The van der Waals surface area contributed by atoms with E-state index in [-0.39, 0.29) is 0 Å². The molecule has 0 aliphatic heterocycles. The fraction of sp³-hybridized carbons (Fsp3) is 0.273. The fourth-order valence-corrected chi connectivity index (χ4v) is 1.10. The second-order valence-corrected chi connectivity index (χ2v) is 3.16. The van der Waals surface area contributed by atoms with Crippen LogP contribution in [0.4, 0.5) is 0 Å². The van der Waals surface area contributed by atoms with E-state index >= 15 is 0 Å². The van der Waals surface area contributed by atoms with Crippen LogP contribution in [0, 0.1) is 0 Å². The van der Waals surface area contributed by atoms with Gasteiger partial charge in [-0.15, -0.1) is 11.6 Å². The minimum atomic E-state index is 0.575. The lowest BCUT2D eigenvalue weighted by Gasteiger charge is -2.00. The van der Waals surface area contributed by atoms with E-state index in [4.69, 9.17) is 16.3 Å². The Morgan fingerprint density at radius 1 is 1.38 bits per heavy atom. The van der Waals surface area contributed by atoms with Crippen molar-refractivity contribution in [3.05, 3.63) is 35.4 Å². The third kappa shape index (κ3) is 3.11. The van der Waals surface area contributed by atoms with Crippen molar-refractivity contribution in [3.8, 4) is 5.75 Å².